The Kier molecular flexibility index (Phi) is 2.46. The molecule has 4 atom stereocenters. The van der Waals surface area contributed by atoms with Crippen LogP contribution < -0.4 is 5.90 Å². The number of ketones is 1. The summed E-state index contributed by atoms with van der Waals surface area (Å²) in [5.74, 6) is 4.43. The number of hydrogen-bond acceptors (Lipinski definition) is 5. The van der Waals surface area contributed by atoms with Gasteiger partial charge in [0.15, 0.2) is 5.78 Å². The molecular formula is C10H17NO4S. The summed E-state index contributed by atoms with van der Waals surface area (Å²) in [6.45, 7) is 6.02. The Hall–Kier alpha value is -0.460. The first-order valence-corrected chi connectivity index (χ1v) is 6.86. The van der Waals surface area contributed by atoms with E-state index < -0.39 is 15.4 Å². The molecule has 0 aromatic carbocycles. The van der Waals surface area contributed by atoms with Crippen molar-refractivity contribution in [2.75, 3.05) is 0 Å². The molecule has 0 aromatic rings. The monoisotopic (exact) mass is 247 g/mol. The van der Waals surface area contributed by atoms with E-state index in [0.717, 1.165) is 0 Å². The van der Waals surface area contributed by atoms with Crippen LogP contribution in [0.3, 0.4) is 0 Å². The average molecular weight is 247 g/mol. The van der Waals surface area contributed by atoms with Crippen molar-refractivity contribution in [1.82, 2.24) is 0 Å². The second-order valence-electron chi connectivity index (χ2n) is 5.47. The summed E-state index contributed by atoms with van der Waals surface area (Å²) in [4.78, 5) is 12.0. The smallest absolute Gasteiger partial charge is 0.293 e. The Labute approximate surface area is 95.4 Å². The molecule has 0 aromatic heterocycles. The lowest BCUT2D eigenvalue weighted by atomic mass is 9.69. The van der Waals surface area contributed by atoms with Gasteiger partial charge in [-0.1, -0.05) is 20.8 Å². The highest BCUT2D eigenvalue weighted by Crippen LogP contribution is 2.59. The highest BCUT2D eigenvalue weighted by atomic mass is 32.2. The minimum atomic E-state index is -3.94. The van der Waals surface area contributed by atoms with Crippen LogP contribution in [-0.4, -0.2) is 19.5 Å². The summed E-state index contributed by atoms with van der Waals surface area (Å²) < 4.78 is 27.3. The minimum absolute atomic E-state index is 0.157. The van der Waals surface area contributed by atoms with Gasteiger partial charge in [0.05, 0.1) is 0 Å². The second kappa shape index (κ2) is 3.27. The maximum absolute atomic E-state index is 12.0. The summed E-state index contributed by atoms with van der Waals surface area (Å²) in [7, 11) is -3.94. The minimum Gasteiger partial charge on any atom is -0.298 e. The fourth-order valence-electron chi connectivity index (χ4n) is 3.33. The quantitative estimate of drug-likeness (QED) is 0.716. The van der Waals surface area contributed by atoms with Gasteiger partial charge in [-0.2, -0.15) is 18.6 Å². The van der Waals surface area contributed by atoms with E-state index in [0.29, 0.717) is 6.42 Å². The van der Waals surface area contributed by atoms with Crippen LogP contribution in [0.2, 0.25) is 0 Å². The van der Waals surface area contributed by atoms with Crippen molar-refractivity contribution in [2.24, 2.45) is 29.1 Å². The SMILES string of the molecule is C[C@H]1[C@H]2C[C@H]([C@H](S(=O)(=O)ON)C2=O)C1(C)C. The first-order chi connectivity index (χ1) is 7.23. The van der Waals surface area contributed by atoms with E-state index in [9.17, 15) is 13.2 Å². The topological polar surface area (TPSA) is 86.5 Å². The predicted molar refractivity (Wildman–Crippen MR) is 57.5 cm³/mol. The van der Waals surface area contributed by atoms with Crippen LogP contribution in [0.25, 0.3) is 0 Å². The third kappa shape index (κ3) is 1.30. The molecule has 92 valence electrons. The van der Waals surface area contributed by atoms with E-state index in [2.05, 4.69) is 4.28 Å². The van der Waals surface area contributed by atoms with Crippen molar-refractivity contribution < 1.29 is 17.5 Å². The lowest BCUT2D eigenvalue weighted by molar-refractivity contribution is -0.125. The normalized spacial score (nSPS) is 41.6. The number of fused-ring (bicyclic) bond motifs is 2. The predicted octanol–water partition coefficient (Wildman–Crippen LogP) is 0.456. The summed E-state index contributed by atoms with van der Waals surface area (Å²) >= 11 is 0. The number of Topliss-reactive ketones (excluding diaryl/α,β-unsaturated/α-hetero) is 1. The van der Waals surface area contributed by atoms with Gasteiger partial charge in [-0.15, -0.1) is 0 Å². The lowest BCUT2D eigenvalue weighted by Gasteiger charge is -2.38. The van der Waals surface area contributed by atoms with Gasteiger partial charge in [0.2, 0.25) is 0 Å². The third-order valence-corrected chi connectivity index (χ3v) is 6.15. The van der Waals surface area contributed by atoms with Crippen LogP contribution in [0, 0.1) is 23.2 Å². The number of hydrogen-bond donors (Lipinski definition) is 1. The Morgan fingerprint density at radius 2 is 2.00 bits per heavy atom. The second-order valence-corrected chi connectivity index (χ2v) is 7.16. The van der Waals surface area contributed by atoms with Crippen molar-refractivity contribution in [3.63, 3.8) is 0 Å². The fourth-order valence-corrected chi connectivity index (χ4v) is 4.77. The molecule has 2 N–H and O–H groups in total. The maximum atomic E-state index is 12.0. The summed E-state index contributed by atoms with van der Waals surface area (Å²) in [6.07, 6.45) is 0.639. The number of nitrogens with two attached hydrogens (primary N) is 1. The van der Waals surface area contributed by atoms with Crippen LogP contribution in [0.1, 0.15) is 27.2 Å². The van der Waals surface area contributed by atoms with Crippen LogP contribution in [0.5, 0.6) is 0 Å². The molecule has 16 heavy (non-hydrogen) atoms. The molecule has 0 aliphatic heterocycles. The van der Waals surface area contributed by atoms with Crippen molar-refractivity contribution in [2.45, 2.75) is 32.4 Å². The van der Waals surface area contributed by atoms with E-state index in [1.807, 2.05) is 20.8 Å². The molecular weight excluding hydrogens is 230 g/mol. The van der Waals surface area contributed by atoms with Crippen molar-refractivity contribution in [3.8, 4) is 0 Å². The maximum Gasteiger partial charge on any atom is 0.293 e. The van der Waals surface area contributed by atoms with Gasteiger partial charge in [-0.25, -0.2) is 0 Å². The van der Waals surface area contributed by atoms with Crippen LogP contribution >= 0.6 is 0 Å². The first kappa shape index (κ1) is 12.0. The fraction of sp³-hybridized carbons (Fsp3) is 0.900. The van der Waals surface area contributed by atoms with Gasteiger partial charge in [0.25, 0.3) is 10.1 Å². The molecule has 0 amide bonds. The van der Waals surface area contributed by atoms with Gasteiger partial charge in [0.1, 0.15) is 5.25 Å². The van der Waals surface area contributed by atoms with Gasteiger partial charge < -0.3 is 0 Å². The zero-order chi connectivity index (χ0) is 12.3. The molecule has 0 spiro atoms. The third-order valence-electron chi connectivity index (χ3n) is 4.70. The molecule has 0 heterocycles. The molecule has 5 nitrogen and oxygen atoms in total. The molecule has 2 fully saturated rings. The standard InChI is InChI=1S/C10H17NO4S/c1-5-6-4-7(10(5,2)3)9(8(6)12)16(13,14)15-11/h5-7,9H,4,11H2,1-3H3/t5-,6+,7+,9-/m0/s1. The molecule has 2 bridgehead atoms. The number of carbonyl (C=O) groups is 1. The van der Waals surface area contributed by atoms with E-state index in [4.69, 9.17) is 5.90 Å². The van der Waals surface area contributed by atoms with Gasteiger partial charge in [0, 0.05) is 5.92 Å². The Morgan fingerprint density at radius 1 is 1.44 bits per heavy atom. The van der Waals surface area contributed by atoms with E-state index in [1.165, 1.54) is 0 Å². The Bertz CT molecular complexity index is 428. The number of carbonyl (C=O) groups excluding carboxylic acids is 1. The molecule has 0 radical (unpaired) electrons. The van der Waals surface area contributed by atoms with E-state index in [1.54, 1.807) is 0 Å². The average Bonchev–Trinajstić information content (AvgIpc) is 2.64. The zero-order valence-corrected chi connectivity index (χ0v) is 10.5. The van der Waals surface area contributed by atoms with Gasteiger partial charge in [-0.3, -0.25) is 4.79 Å². The Morgan fingerprint density at radius 3 is 2.44 bits per heavy atom. The van der Waals surface area contributed by atoms with Crippen LogP contribution in [0.15, 0.2) is 0 Å². The molecule has 2 rings (SSSR count). The van der Waals surface area contributed by atoms with E-state index in [-0.39, 0.29) is 29.0 Å². The lowest BCUT2D eigenvalue weighted by Crippen LogP contribution is -2.47. The summed E-state index contributed by atoms with van der Waals surface area (Å²) in [5, 5.41) is -1.06. The molecule has 2 saturated carbocycles. The van der Waals surface area contributed by atoms with Crippen LogP contribution in [0.4, 0.5) is 0 Å². The first-order valence-electron chi connectivity index (χ1n) is 5.39. The summed E-state index contributed by atoms with van der Waals surface area (Å²) in [6, 6.07) is 0. The Balaban J connectivity index is 2.44. The molecule has 2 aliphatic carbocycles. The molecule has 2 aliphatic rings. The highest BCUT2D eigenvalue weighted by molar-refractivity contribution is 7.88. The largest absolute Gasteiger partial charge is 0.298 e. The van der Waals surface area contributed by atoms with Gasteiger partial charge >= 0.3 is 0 Å². The van der Waals surface area contributed by atoms with Crippen LogP contribution in [-0.2, 0) is 19.2 Å². The molecule has 0 unspecified atom stereocenters. The molecule has 6 heteroatoms. The molecule has 0 saturated heterocycles. The van der Waals surface area contributed by atoms with Crippen molar-refractivity contribution in [1.29, 1.82) is 0 Å². The van der Waals surface area contributed by atoms with E-state index >= 15 is 0 Å². The van der Waals surface area contributed by atoms with Crippen molar-refractivity contribution in [3.05, 3.63) is 0 Å². The van der Waals surface area contributed by atoms with Gasteiger partial charge in [-0.05, 0) is 23.7 Å². The zero-order valence-electron chi connectivity index (χ0n) is 9.64. The van der Waals surface area contributed by atoms with Crippen molar-refractivity contribution >= 4 is 15.9 Å². The number of rotatable bonds is 2. The summed E-state index contributed by atoms with van der Waals surface area (Å²) in [5.41, 5.74) is -0.158. The highest BCUT2D eigenvalue weighted by Gasteiger charge is 2.64.